The number of hydrogen-bond donors (Lipinski definition) is 2. The van der Waals surface area contributed by atoms with Gasteiger partial charge in [0.25, 0.3) is 0 Å². The van der Waals surface area contributed by atoms with Gasteiger partial charge in [0, 0.05) is 32.1 Å². The van der Waals surface area contributed by atoms with Crippen LogP contribution in [-0.2, 0) is 0 Å². The van der Waals surface area contributed by atoms with E-state index in [1.807, 2.05) is 11.3 Å². The molecule has 1 unspecified atom stereocenters. The molecule has 4 heterocycles. The molecule has 0 amide bonds. The smallest absolute Gasteiger partial charge is 0.111 e. The highest BCUT2D eigenvalue weighted by molar-refractivity contribution is 7.26. The van der Waals surface area contributed by atoms with Crippen LogP contribution in [0.3, 0.4) is 0 Å². The maximum absolute atomic E-state index is 3.83. The van der Waals surface area contributed by atoms with Crippen LogP contribution in [0.15, 0.2) is 91.0 Å². The van der Waals surface area contributed by atoms with E-state index in [-0.39, 0.29) is 6.04 Å². The summed E-state index contributed by atoms with van der Waals surface area (Å²) in [6.45, 7) is 0.865. The van der Waals surface area contributed by atoms with E-state index < -0.39 is 0 Å². The zero-order chi connectivity index (χ0) is 21.1. The molecule has 2 aromatic heterocycles. The number of rotatable bonds is 2. The number of benzene rings is 3. The number of fused-ring (bicyclic) bond motifs is 6. The average Bonchev–Trinajstić information content (AvgIpc) is 3.40. The van der Waals surface area contributed by atoms with Crippen molar-refractivity contribution in [2.45, 2.75) is 6.04 Å². The Morgan fingerprint density at radius 2 is 1.72 bits per heavy atom. The maximum atomic E-state index is 3.83. The minimum absolute atomic E-state index is 0.115. The lowest BCUT2D eigenvalue weighted by Gasteiger charge is -2.25. The molecule has 154 valence electrons. The highest BCUT2D eigenvalue weighted by atomic mass is 32.1. The molecule has 2 aliphatic heterocycles. The first-order valence-electron chi connectivity index (χ1n) is 11.0. The van der Waals surface area contributed by atoms with Crippen LogP contribution in [-0.4, -0.2) is 11.1 Å². The first kappa shape index (κ1) is 17.9. The number of dihydropyridines is 1. The minimum atomic E-state index is 0.115. The minimum Gasteiger partial charge on any atom is -0.379 e. The predicted molar refractivity (Wildman–Crippen MR) is 138 cm³/mol. The third-order valence-corrected chi connectivity index (χ3v) is 7.69. The summed E-state index contributed by atoms with van der Waals surface area (Å²) in [5.41, 5.74) is 4.95. The molecule has 4 heteroatoms. The molecule has 0 saturated heterocycles. The number of allylic oxidation sites excluding steroid dienone is 2. The molecule has 3 aromatic carbocycles. The highest BCUT2D eigenvalue weighted by Crippen LogP contribution is 2.40. The van der Waals surface area contributed by atoms with Gasteiger partial charge < -0.3 is 10.6 Å². The normalized spacial score (nSPS) is 17.4. The van der Waals surface area contributed by atoms with Gasteiger partial charge in [0.2, 0.25) is 0 Å². The molecule has 2 N–H and O–H groups in total. The van der Waals surface area contributed by atoms with Crippen molar-refractivity contribution in [3.63, 3.8) is 0 Å². The van der Waals surface area contributed by atoms with E-state index >= 15 is 0 Å². The van der Waals surface area contributed by atoms with Gasteiger partial charge in [0.05, 0.1) is 22.9 Å². The first-order chi connectivity index (χ1) is 15.9. The molecule has 5 aromatic rings. The van der Waals surface area contributed by atoms with E-state index in [0.29, 0.717) is 0 Å². The summed E-state index contributed by atoms with van der Waals surface area (Å²) >= 11 is 1.88. The number of hydrogen-bond acceptors (Lipinski definition) is 3. The zero-order valence-corrected chi connectivity index (χ0v) is 18.2. The Hall–Kier alpha value is -3.76. The van der Waals surface area contributed by atoms with Crippen LogP contribution in [0.2, 0.25) is 0 Å². The third-order valence-electron chi connectivity index (χ3n) is 6.46. The second-order valence-corrected chi connectivity index (χ2v) is 9.33. The standard InChI is InChI=1S/C28H21N3S/c1-3-13-23-21(9-1)27-24(14-7-17-29-27)31(23)26-16-6-12-22(30-26)20-11-5-10-19-18-8-2-4-15-25(18)32-28(19)20/h1-16,22,29-30H,17H2. The van der Waals surface area contributed by atoms with Crippen molar-refractivity contribution >= 4 is 60.0 Å². The van der Waals surface area contributed by atoms with Crippen LogP contribution in [0.1, 0.15) is 17.3 Å². The van der Waals surface area contributed by atoms with Crippen molar-refractivity contribution in [2.24, 2.45) is 0 Å². The van der Waals surface area contributed by atoms with E-state index in [0.717, 1.165) is 12.4 Å². The average molecular weight is 432 g/mol. The van der Waals surface area contributed by atoms with Gasteiger partial charge in [0.15, 0.2) is 0 Å². The lowest BCUT2D eigenvalue weighted by molar-refractivity contribution is 0.737. The van der Waals surface area contributed by atoms with Crippen molar-refractivity contribution in [3.8, 4) is 0 Å². The number of nitrogens with one attached hydrogen (secondary N) is 2. The van der Waals surface area contributed by atoms with Crippen LogP contribution in [0.25, 0.3) is 43.0 Å². The lowest BCUT2D eigenvalue weighted by Crippen LogP contribution is -2.24. The molecular weight excluding hydrogens is 410 g/mol. The van der Waals surface area contributed by atoms with Gasteiger partial charge in [-0.25, -0.2) is 0 Å². The van der Waals surface area contributed by atoms with E-state index in [9.17, 15) is 0 Å². The number of para-hydroxylation sites is 1. The van der Waals surface area contributed by atoms with E-state index in [1.165, 1.54) is 48.0 Å². The summed E-state index contributed by atoms with van der Waals surface area (Å²) in [4.78, 5) is 0. The van der Waals surface area contributed by atoms with Crippen LogP contribution >= 0.6 is 11.3 Å². The van der Waals surface area contributed by atoms with Crippen LogP contribution in [0.5, 0.6) is 0 Å². The van der Waals surface area contributed by atoms with Crippen LogP contribution < -0.4 is 10.6 Å². The lowest BCUT2D eigenvalue weighted by atomic mass is 10.0. The SMILES string of the molecule is C1=CC(c2cccc3c2sc2ccccc23)NC(n2c3c(c4ccccc42)NCC=C3)=C1. The molecule has 0 fully saturated rings. The summed E-state index contributed by atoms with van der Waals surface area (Å²) < 4.78 is 5.04. The summed E-state index contributed by atoms with van der Waals surface area (Å²) in [5.74, 6) is 1.10. The molecular formula is C28H21N3S. The molecule has 1 atom stereocenters. The molecule has 0 aliphatic carbocycles. The Bertz CT molecular complexity index is 1610. The number of nitrogens with zero attached hydrogens (tertiary/aromatic N) is 1. The summed E-state index contributed by atoms with van der Waals surface area (Å²) in [7, 11) is 0. The Kier molecular flexibility index (Phi) is 3.84. The van der Waals surface area contributed by atoms with Gasteiger partial charge in [-0.3, -0.25) is 4.57 Å². The summed E-state index contributed by atoms with van der Waals surface area (Å²) in [6, 6.07) is 24.1. The maximum Gasteiger partial charge on any atom is 0.111 e. The number of thiophene rings is 1. The van der Waals surface area contributed by atoms with Gasteiger partial charge in [-0.15, -0.1) is 11.3 Å². The molecule has 0 radical (unpaired) electrons. The number of aromatic nitrogens is 1. The van der Waals surface area contributed by atoms with Gasteiger partial charge in [-0.05, 0) is 29.8 Å². The second-order valence-electron chi connectivity index (χ2n) is 8.28. The van der Waals surface area contributed by atoms with E-state index in [1.54, 1.807) is 0 Å². The van der Waals surface area contributed by atoms with Crippen LogP contribution in [0.4, 0.5) is 5.69 Å². The predicted octanol–water partition coefficient (Wildman–Crippen LogP) is 7.15. The zero-order valence-electron chi connectivity index (χ0n) is 17.4. The highest BCUT2D eigenvalue weighted by Gasteiger charge is 2.23. The second kappa shape index (κ2) is 6.87. The molecule has 0 spiro atoms. The quantitative estimate of drug-likeness (QED) is 0.311. The van der Waals surface area contributed by atoms with Crippen molar-refractivity contribution in [2.75, 3.05) is 11.9 Å². The van der Waals surface area contributed by atoms with Crippen molar-refractivity contribution in [1.82, 2.24) is 9.88 Å². The molecule has 0 saturated carbocycles. The third kappa shape index (κ3) is 2.53. The van der Waals surface area contributed by atoms with E-state index in [2.05, 4.69) is 112 Å². The monoisotopic (exact) mass is 431 g/mol. The fourth-order valence-electron chi connectivity index (χ4n) is 5.04. The Balaban J connectivity index is 1.37. The van der Waals surface area contributed by atoms with Gasteiger partial charge in [0.1, 0.15) is 5.82 Å². The molecule has 3 nitrogen and oxygen atoms in total. The van der Waals surface area contributed by atoms with Gasteiger partial charge >= 0.3 is 0 Å². The fraction of sp³-hybridized carbons (Fsp3) is 0.0714. The fourth-order valence-corrected chi connectivity index (χ4v) is 6.30. The largest absolute Gasteiger partial charge is 0.379 e. The van der Waals surface area contributed by atoms with Gasteiger partial charge in [-0.2, -0.15) is 0 Å². The Morgan fingerprint density at radius 1 is 0.875 bits per heavy atom. The Morgan fingerprint density at radius 3 is 2.69 bits per heavy atom. The molecule has 7 rings (SSSR count). The first-order valence-corrected chi connectivity index (χ1v) is 11.8. The molecule has 2 aliphatic rings. The summed E-state index contributed by atoms with van der Waals surface area (Å²) in [5, 5.41) is 11.3. The van der Waals surface area contributed by atoms with Crippen molar-refractivity contribution in [1.29, 1.82) is 0 Å². The van der Waals surface area contributed by atoms with Gasteiger partial charge in [-0.1, -0.05) is 72.8 Å². The molecule has 32 heavy (non-hydrogen) atoms. The molecule has 0 bridgehead atoms. The number of anilines is 1. The Labute approximate surface area is 190 Å². The summed E-state index contributed by atoms with van der Waals surface area (Å²) in [6.07, 6.45) is 11.0. The van der Waals surface area contributed by atoms with Crippen molar-refractivity contribution < 1.29 is 0 Å². The van der Waals surface area contributed by atoms with Crippen molar-refractivity contribution in [3.05, 3.63) is 102 Å². The van der Waals surface area contributed by atoms with Crippen LogP contribution in [0, 0.1) is 0 Å². The topological polar surface area (TPSA) is 29.0 Å². The van der Waals surface area contributed by atoms with E-state index in [4.69, 9.17) is 0 Å².